The number of hydrogen-bond donors (Lipinski definition) is 2. The van der Waals surface area contributed by atoms with Gasteiger partial charge in [-0.15, -0.1) is 0 Å². The van der Waals surface area contributed by atoms with Gasteiger partial charge in [0.1, 0.15) is 24.0 Å². The van der Waals surface area contributed by atoms with Crippen molar-refractivity contribution in [3.05, 3.63) is 30.6 Å². The van der Waals surface area contributed by atoms with Crippen LogP contribution in [0.1, 0.15) is 20.8 Å². The Hall–Kier alpha value is -2.83. The average Bonchev–Trinajstić information content (AvgIpc) is 2.65. The van der Waals surface area contributed by atoms with Crippen molar-refractivity contribution in [1.29, 1.82) is 0 Å². The highest BCUT2D eigenvalue weighted by atomic mass is 16.6. The van der Waals surface area contributed by atoms with Crippen molar-refractivity contribution in [1.82, 2.24) is 10.3 Å². The van der Waals surface area contributed by atoms with E-state index in [0.717, 1.165) is 10.8 Å². The molecule has 0 unspecified atom stereocenters. The number of alkyl carbamates (subject to hydrolysis) is 1. The van der Waals surface area contributed by atoms with Crippen LogP contribution >= 0.6 is 0 Å². The minimum absolute atomic E-state index is 0.0225. The Kier molecular flexibility index (Phi) is 4.01. The summed E-state index contributed by atoms with van der Waals surface area (Å²) in [6.07, 6.45) is 2.70. The molecule has 1 atom stereocenters. The lowest BCUT2D eigenvalue weighted by Crippen LogP contribution is -2.48. The van der Waals surface area contributed by atoms with Crippen molar-refractivity contribution in [2.75, 3.05) is 11.9 Å². The van der Waals surface area contributed by atoms with Crippen molar-refractivity contribution in [3.8, 4) is 5.75 Å². The van der Waals surface area contributed by atoms with Crippen molar-refractivity contribution >= 4 is 28.5 Å². The number of carbonyl (C=O) groups excluding carboxylic acids is 2. The molecule has 7 nitrogen and oxygen atoms in total. The van der Waals surface area contributed by atoms with Crippen LogP contribution in [-0.4, -0.2) is 35.2 Å². The van der Waals surface area contributed by atoms with Gasteiger partial charge in [0.2, 0.25) is 0 Å². The van der Waals surface area contributed by atoms with E-state index in [2.05, 4.69) is 15.6 Å². The molecule has 0 saturated carbocycles. The third-order valence-corrected chi connectivity index (χ3v) is 3.44. The molecule has 2 amide bonds. The number of aromatic nitrogens is 1. The van der Waals surface area contributed by atoms with Crippen molar-refractivity contribution in [3.63, 3.8) is 0 Å². The van der Waals surface area contributed by atoms with Crippen LogP contribution in [0.2, 0.25) is 0 Å². The number of nitrogens with zero attached hydrogens (tertiary/aromatic N) is 1. The molecule has 2 N–H and O–H groups in total. The summed E-state index contributed by atoms with van der Waals surface area (Å²) in [6.45, 7) is 5.29. The zero-order valence-corrected chi connectivity index (χ0v) is 13.8. The molecule has 0 saturated heterocycles. The van der Waals surface area contributed by atoms with Crippen molar-refractivity contribution in [2.45, 2.75) is 32.4 Å². The van der Waals surface area contributed by atoms with E-state index in [1.54, 1.807) is 45.3 Å². The van der Waals surface area contributed by atoms with Gasteiger partial charge in [-0.1, -0.05) is 0 Å². The van der Waals surface area contributed by atoms with Gasteiger partial charge in [-0.05, 0) is 39.0 Å². The van der Waals surface area contributed by atoms with E-state index in [0.29, 0.717) is 11.4 Å². The minimum Gasteiger partial charge on any atom is -0.489 e. The smallest absolute Gasteiger partial charge is 0.408 e. The normalized spacial score (nSPS) is 17.3. The molecule has 0 spiro atoms. The summed E-state index contributed by atoms with van der Waals surface area (Å²) in [6, 6.07) is 4.60. The van der Waals surface area contributed by atoms with E-state index >= 15 is 0 Å². The predicted molar refractivity (Wildman–Crippen MR) is 89.0 cm³/mol. The molecular weight excluding hydrogens is 310 g/mol. The van der Waals surface area contributed by atoms with Gasteiger partial charge in [0, 0.05) is 23.2 Å². The van der Waals surface area contributed by atoms with Crippen LogP contribution in [0.5, 0.6) is 5.75 Å². The number of benzene rings is 1. The van der Waals surface area contributed by atoms with Gasteiger partial charge in [0.05, 0.1) is 5.69 Å². The second-order valence-electron chi connectivity index (χ2n) is 6.53. The molecular formula is C17H19N3O4. The lowest BCUT2D eigenvalue weighted by Gasteiger charge is -2.22. The Morgan fingerprint density at radius 2 is 2.17 bits per heavy atom. The topological polar surface area (TPSA) is 89.6 Å². The largest absolute Gasteiger partial charge is 0.489 e. The summed E-state index contributed by atoms with van der Waals surface area (Å²) in [5.74, 6) is 0.194. The van der Waals surface area contributed by atoms with E-state index in [4.69, 9.17) is 9.47 Å². The molecule has 2 aromatic rings. The summed E-state index contributed by atoms with van der Waals surface area (Å²) in [7, 11) is 0. The highest BCUT2D eigenvalue weighted by molar-refractivity contribution is 6.07. The predicted octanol–water partition coefficient (Wildman–Crippen LogP) is 2.46. The number of hydrogen-bond acceptors (Lipinski definition) is 5. The SMILES string of the molecule is CC(C)(C)OC(=O)N[C@H]1COc2ccc3cnccc3c2NC1=O. The average molecular weight is 329 g/mol. The quantitative estimate of drug-likeness (QED) is 0.839. The second kappa shape index (κ2) is 5.99. The van der Waals surface area contributed by atoms with Gasteiger partial charge in [0.15, 0.2) is 0 Å². The molecule has 7 heteroatoms. The summed E-state index contributed by atoms with van der Waals surface area (Å²) in [5, 5.41) is 7.07. The Labute approximate surface area is 139 Å². The molecule has 0 radical (unpaired) electrons. The monoisotopic (exact) mass is 329 g/mol. The number of carbonyl (C=O) groups is 2. The van der Waals surface area contributed by atoms with Crippen LogP contribution in [0, 0.1) is 0 Å². The maximum atomic E-state index is 12.4. The maximum Gasteiger partial charge on any atom is 0.408 e. The molecule has 1 aliphatic rings. The van der Waals surface area contributed by atoms with Gasteiger partial charge >= 0.3 is 6.09 Å². The van der Waals surface area contributed by atoms with Crippen LogP contribution in [-0.2, 0) is 9.53 Å². The number of anilines is 1. The zero-order chi connectivity index (χ0) is 17.3. The van der Waals surface area contributed by atoms with Gasteiger partial charge in [-0.25, -0.2) is 4.79 Å². The lowest BCUT2D eigenvalue weighted by molar-refractivity contribution is -0.118. The minimum atomic E-state index is -0.843. The van der Waals surface area contributed by atoms with Crippen LogP contribution in [0.25, 0.3) is 10.8 Å². The summed E-state index contributed by atoms with van der Waals surface area (Å²) in [5.41, 5.74) is -0.0634. The first-order valence-corrected chi connectivity index (χ1v) is 7.63. The number of fused-ring (bicyclic) bond motifs is 3. The molecule has 0 bridgehead atoms. The van der Waals surface area contributed by atoms with E-state index in [1.807, 2.05) is 6.07 Å². The van der Waals surface area contributed by atoms with Gasteiger partial charge < -0.3 is 20.1 Å². The highest BCUT2D eigenvalue weighted by Crippen LogP contribution is 2.34. The molecule has 2 heterocycles. The number of amides is 2. The number of pyridine rings is 1. The van der Waals surface area contributed by atoms with Crippen molar-refractivity contribution in [2.24, 2.45) is 0 Å². The molecule has 3 rings (SSSR count). The van der Waals surface area contributed by atoms with Crippen LogP contribution in [0.4, 0.5) is 10.5 Å². The number of rotatable bonds is 1. The molecule has 0 fully saturated rings. The fourth-order valence-corrected chi connectivity index (χ4v) is 2.41. The summed E-state index contributed by atoms with van der Waals surface area (Å²) < 4.78 is 10.9. The zero-order valence-electron chi connectivity index (χ0n) is 13.8. The van der Waals surface area contributed by atoms with Gasteiger partial charge in [-0.2, -0.15) is 0 Å². The fraction of sp³-hybridized carbons (Fsp3) is 0.353. The standard InChI is InChI=1S/C17H19N3O4/c1-17(2,3)24-16(22)19-12-9-23-13-5-4-10-8-18-7-6-11(10)14(13)20-15(12)21/h4-8,12H,9H2,1-3H3,(H,19,22)(H,20,21)/t12-/m0/s1. The van der Waals surface area contributed by atoms with E-state index in [9.17, 15) is 9.59 Å². The molecule has 0 aliphatic carbocycles. The third-order valence-electron chi connectivity index (χ3n) is 3.44. The first-order chi connectivity index (χ1) is 11.3. The molecule has 126 valence electrons. The first kappa shape index (κ1) is 16.0. The van der Waals surface area contributed by atoms with Gasteiger partial charge in [-0.3, -0.25) is 9.78 Å². The number of ether oxygens (including phenoxy) is 2. The fourth-order valence-electron chi connectivity index (χ4n) is 2.41. The van der Waals surface area contributed by atoms with Crippen molar-refractivity contribution < 1.29 is 19.1 Å². The molecule has 1 aromatic heterocycles. The molecule has 1 aliphatic heterocycles. The summed E-state index contributed by atoms with van der Waals surface area (Å²) >= 11 is 0. The Morgan fingerprint density at radius 1 is 1.38 bits per heavy atom. The van der Waals surface area contributed by atoms with Crippen LogP contribution < -0.4 is 15.4 Å². The Balaban J connectivity index is 1.81. The summed E-state index contributed by atoms with van der Waals surface area (Å²) in [4.78, 5) is 28.4. The lowest BCUT2D eigenvalue weighted by atomic mass is 10.1. The molecule has 1 aromatic carbocycles. The van der Waals surface area contributed by atoms with E-state index in [-0.39, 0.29) is 12.5 Å². The van der Waals surface area contributed by atoms with Crippen LogP contribution in [0.3, 0.4) is 0 Å². The second-order valence-corrected chi connectivity index (χ2v) is 6.53. The maximum absolute atomic E-state index is 12.4. The Morgan fingerprint density at radius 3 is 2.92 bits per heavy atom. The Bertz CT molecular complexity index is 798. The van der Waals surface area contributed by atoms with E-state index in [1.165, 1.54) is 0 Å². The van der Waals surface area contributed by atoms with Gasteiger partial charge in [0.25, 0.3) is 5.91 Å². The first-order valence-electron chi connectivity index (χ1n) is 7.63. The third kappa shape index (κ3) is 3.40. The number of nitrogens with one attached hydrogen (secondary N) is 2. The highest BCUT2D eigenvalue weighted by Gasteiger charge is 2.29. The van der Waals surface area contributed by atoms with E-state index < -0.39 is 17.7 Å². The molecule has 24 heavy (non-hydrogen) atoms. The van der Waals surface area contributed by atoms with Crippen LogP contribution in [0.15, 0.2) is 30.6 Å².